The molecule has 1 aliphatic carbocycles. The number of methoxy groups -OCH3 is 1. The van der Waals surface area contributed by atoms with E-state index in [4.69, 9.17) is 4.74 Å². The topological polar surface area (TPSA) is 9.23 Å². The summed E-state index contributed by atoms with van der Waals surface area (Å²) in [5.41, 5.74) is 2.86. The van der Waals surface area contributed by atoms with Crippen LogP contribution < -0.4 is 0 Å². The lowest BCUT2D eigenvalue weighted by atomic mass is 9.81. The van der Waals surface area contributed by atoms with Gasteiger partial charge in [-0.1, -0.05) is 19.1 Å². The normalized spacial score (nSPS) is 31.0. The van der Waals surface area contributed by atoms with Gasteiger partial charge in [-0.25, -0.2) is 0 Å². The Morgan fingerprint density at radius 1 is 1.64 bits per heavy atom. The van der Waals surface area contributed by atoms with E-state index in [2.05, 4.69) is 26.0 Å². The third-order valence-corrected chi connectivity index (χ3v) is 2.17. The van der Waals surface area contributed by atoms with E-state index >= 15 is 0 Å². The molecule has 0 saturated heterocycles. The SMILES string of the molecule is CC=C1/C(=C\CC)CC1OC. The highest BCUT2D eigenvalue weighted by Crippen LogP contribution is 2.35. The van der Waals surface area contributed by atoms with Gasteiger partial charge in [0.2, 0.25) is 0 Å². The van der Waals surface area contributed by atoms with Gasteiger partial charge in [0.25, 0.3) is 0 Å². The van der Waals surface area contributed by atoms with Gasteiger partial charge in [-0.05, 0) is 24.5 Å². The summed E-state index contributed by atoms with van der Waals surface area (Å²) in [7, 11) is 1.77. The molecule has 0 spiro atoms. The van der Waals surface area contributed by atoms with Gasteiger partial charge in [-0.2, -0.15) is 0 Å². The summed E-state index contributed by atoms with van der Waals surface area (Å²) >= 11 is 0. The maximum Gasteiger partial charge on any atom is 0.0860 e. The Balaban J connectivity index is 2.60. The van der Waals surface area contributed by atoms with Crippen LogP contribution in [0.4, 0.5) is 0 Å². The van der Waals surface area contributed by atoms with Crippen molar-refractivity contribution in [1.82, 2.24) is 0 Å². The van der Waals surface area contributed by atoms with Crippen molar-refractivity contribution in [3.8, 4) is 0 Å². The minimum absolute atomic E-state index is 0.373. The lowest BCUT2D eigenvalue weighted by Crippen LogP contribution is -2.26. The molecule has 1 saturated carbocycles. The Labute approximate surface area is 68.8 Å². The molecule has 1 fully saturated rings. The molecule has 0 aromatic carbocycles. The molecule has 1 rings (SSSR count). The van der Waals surface area contributed by atoms with E-state index in [0.29, 0.717) is 6.10 Å². The molecule has 0 aliphatic heterocycles. The quantitative estimate of drug-likeness (QED) is 0.591. The molecule has 1 nitrogen and oxygen atoms in total. The second-order valence-electron chi connectivity index (χ2n) is 2.81. The van der Waals surface area contributed by atoms with Gasteiger partial charge in [0, 0.05) is 13.5 Å². The van der Waals surface area contributed by atoms with E-state index < -0.39 is 0 Å². The molecule has 1 aliphatic rings. The molecular weight excluding hydrogens is 136 g/mol. The van der Waals surface area contributed by atoms with Crippen LogP contribution in [0.2, 0.25) is 0 Å². The smallest absolute Gasteiger partial charge is 0.0860 e. The number of rotatable bonds is 2. The van der Waals surface area contributed by atoms with Crippen LogP contribution in [0, 0.1) is 0 Å². The van der Waals surface area contributed by atoms with Crippen molar-refractivity contribution in [2.75, 3.05) is 7.11 Å². The monoisotopic (exact) mass is 152 g/mol. The van der Waals surface area contributed by atoms with E-state index in [-0.39, 0.29) is 0 Å². The van der Waals surface area contributed by atoms with Crippen molar-refractivity contribution in [3.63, 3.8) is 0 Å². The van der Waals surface area contributed by atoms with Crippen molar-refractivity contribution < 1.29 is 4.74 Å². The highest BCUT2D eigenvalue weighted by Gasteiger charge is 2.27. The van der Waals surface area contributed by atoms with Crippen LogP contribution in [0.3, 0.4) is 0 Å². The highest BCUT2D eigenvalue weighted by atomic mass is 16.5. The number of allylic oxidation sites excluding steroid dienone is 2. The number of ether oxygens (including phenoxy) is 1. The summed E-state index contributed by atoms with van der Waals surface area (Å²) in [5.74, 6) is 0. The Hall–Kier alpha value is -0.560. The summed E-state index contributed by atoms with van der Waals surface area (Å²) in [5, 5.41) is 0. The first-order valence-electron chi connectivity index (χ1n) is 4.21. The fourth-order valence-corrected chi connectivity index (χ4v) is 1.53. The Bertz CT molecular complexity index is 189. The van der Waals surface area contributed by atoms with Gasteiger partial charge in [0.1, 0.15) is 0 Å². The van der Waals surface area contributed by atoms with Crippen molar-refractivity contribution in [3.05, 3.63) is 23.3 Å². The van der Waals surface area contributed by atoms with Crippen LogP contribution in [-0.2, 0) is 4.74 Å². The minimum Gasteiger partial charge on any atom is -0.376 e. The molecule has 11 heavy (non-hydrogen) atoms. The molecular formula is C10H16O. The van der Waals surface area contributed by atoms with Gasteiger partial charge < -0.3 is 4.74 Å². The maximum absolute atomic E-state index is 5.26. The van der Waals surface area contributed by atoms with E-state index in [1.165, 1.54) is 11.1 Å². The Morgan fingerprint density at radius 3 is 2.82 bits per heavy atom. The van der Waals surface area contributed by atoms with Crippen molar-refractivity contribution >= 4 is 0 Å². The van der Waals surface area contributed by atoms with Crippen molar-refractivity contribution in [2.24, 2.45) is 0 Å². The van der Waals surface area contributed by atoms with Gasteiger partial charge in [-0.15, -0.1) is 0 Å². The lowest BCUT2D eigenvalue weighted by molar-refractivity contribution is 0.112. The average Bonchev–Trinajstić information content (AvgIpc) is 1.98. The standard InChI is InChI=1S/C10H16O/c1-4-6-8-7-10(11-3)9(8)5-2/h5-6,10H,4,7H2,1-3H3/b8-6-,9-5?. The van der Waals surface area contributed by atoms with Crippen LogP contribution >= 0.6 is 0 Å². The molecule has 0 aromatic heterocycles. The first-order valence-corrected chi connectivity index (χ1v) is 4.21. The summed E-state index contributed by atoms with van der Waals surface area (Å²) in [4.78, 5) is 0. The largest absolute Gasteiger partial charge is 0.376 e. The molecule has 62 valence electrons. The third-order valence-electron chi connectivity index (χ3n) is 2.17. The van der Waals surface area contributed by atoms with Gasteiger partial charge in [0.05, 0.1) is 6.10 Å². The maximum atomic E-state index is 5.26. The predicted molar refractivity (Wildman–Crippen MR) is 47.5 cm³/mol. The van der Waals surface area contributed by atoms with Crippen LogP contribution in [-0.4, -0.2) is 13.2 Å². The van der Waals surface area contributed by atoms with E-state index in [0.717, 1.165) is 12.8 Å². The van der Waals surface area contributed by atoms with Crippen LogP contribution in [0.25, 0.3) is 0 Å². The molecule has 1 unspecified atom stereocenters. The lowest BCUT2D eigenvalue weighted by Gasteiger charge is -2.32. The molecule has 0 amide bonds. The molecule has 1 atom stereocenters. The van der Waals surface area contributed by atoms with Crippen LogP contribution in [0.15, 0.2) is 23.3 Å². The van der Waals surface area contributed by atoms with Crippen molar-refractivity contribution in [2.45, 2.75) is 32.8 Å². The third kappa shape index (κ3) is 1.54. The van der Waals surface area contributed by atoms with Gasteiger partial charge in [0.15, 0.2) is 0 Å². The molecule has 0 bridgehead atoms. The zero-order chi connectivity index (χ0) is 8.27. The second kappa shape index (κ2) is 3.72. The highest BCUT2D eigenvalue weighted by molar-refractivity contribution is 5.44. The first kappa shape index (κ1) is 8.54. The minimum atomic E-state index is 0.373. The molecule has 0 heterocycles. The summed E-state index contributed by atoms with van der Waals surface area (Å²) < 4.78 is 5.26. The van der Waals surface area contributed by atoms with Gasteiger partial charge in [-0.3, -0.25) is 0 Å². The summed E-state index contributed by atoms with van der Waals surface area (Å²) in [6.07, 6.45) is 7.04. The van der Waals surface area contributed by atoms with Crippen molar-refractivity contribution in [1.29, 1.82) is 0 Å². The number of hydrogen-bond donors (Lipinski definition) is 0. The fraction of sp³-hybridized carbons (Fsp3) is 0.600. The first-order chi connectivity index (χ1) is 5.33. The Morgan fingerprint density at radius 2 is 2.36 bits per heavy atom. The summed E-state index contributed by atoms with van der Waals surface area (Å²) in [6, 6.07) is 0. The van der Waals surface area contributed by atoms with Crippen LogP contribution in [0.1, 0.15) is 26.7 Å². The Kier molecular flexibility index (Phi) is 2.89. The fourth-order valence-electron chi connectivity index (χ4n) is 1.53. The van der Waals surface area contributed by atoms with E-state index in [9.17, 15) is 0 Å². The second-order valence-corrected chi connectivity index (χ2v) is 2.81. The van der Waals surface area contributed by atoms with E-state index in [1.807, 2.05) is 0 Å². The molecule has 1 heteroatoms. The zero-order valence-corrected chi connectivity index (χ0v) is 7.55. The number of hydrogen-bond acceptors (Lipinski definition) is 1. The molecule has 0 aromatic rings. The molecule has 0 radical (unpaired) electrons. The van der Waals surface area contributed by atoms with Gasteiger partial charge >= 0.3 is 0 Å². The summed E-state index contributed by atoms with van der Waals surface area (Å²) in [6.45, 7) is 4.24. The average molecular weight is 152 g/mol. The zero-order valence-electron chi connectivity index (χ0n) is 7.55. The van der Waals surface area contributed by atoms with E-state index in [1.54, 1.807) is 7.11 Å². The van der Waals surface area contributed by atoms with Crippen LogP contribution in [0.5, 0.6) is 0 Å². The molecule has 0 N–H and O–H groups in total. The predicted octanol–water partition coefficient (Wildman–Crippen LogP) is 2.69.